The number of nitrogens with one attached hydrogen (secondary N) is 1. The molecule has 0 radical (unpaired) electrons. The van der Waals surface area contributed by atoms with Crippen LogP contribution in [0.2, 0.25) is 5.02 Å². The first-order chi connectivity index (χ1) is 9.46. The first-order valence-corrected chi connectivity index (χ1v) is 7.67. The monoisotopic (exact) mass is 294 g/mol. The van der Waals surface area contributed by atoms with E-state index in [1.165, 1.54) is 0 Å². The average molecular weight is 295 g/mol. The van der Waals surface area contributed by atoms with Crippen molar-refractivity contribution in [2.24, 2.45) is 5.73 Å². The SMILES string of the molecule is CCC(N)(CC)CNC(=O)C1(c2cccc(Cl)c2)CC1. The second-order valence-electron chi connectivity index (χ2n) is 5.84. The number of carbonyl (C=O) groups is 1. The lowest BCUT2D eigenvalue weighted by molar-refractivity contribution is -0.123. The van der Waals surface area contributed by atoms with Crippen molar-refractivity contribution in [3.63, 3.8) is 0 Å². The highest BCUT2D eigenvalue weighted by Gasteiger charge is 2.51. The third-order valence-electron chi connectivity index (χ3n) is 4.57. The summed E-state index contributed by atoms with van der Waals surface area (Å²) in [6.45, 7) is 4.64. The molecule has 0 unspecified atom stereocenters. The van der Waals surface area contributed by atoms with Gasteiger partial charge in [-0.05, 0) is 43.4 Å². The second-order valence-corrected chi connectivity index (χ2v) is 6.28. The quantitative estimate of drug-likeness (QED) is 0.847. The zero-order chi connectivity index (χ0) is 14.8. The van der Waals surface area contributed by atoms with Gasteiger partial charge in [0.25, 0.3) is 0 Å². The predicted octanol–water partition coefficient (Wildman–Crippen LogP) is 3.01. The Labute approximate surface area is 125 Å². The van der Waals surface area contributed by atoms with Crippen molar-refractivity contribution in [3.05, 3.63) is 34.9 Å². The lowest BCUT2D eigenvalue weighted by atomic mass is 9.92. The number of nitrogens with two attached hydrogens (primary N) is 1. The molecule has 110 valence electrons. The maximum atomic E-state index is 12.5. The summed E-state index contributed by atoms with van der Waals surface area (Å²) in [7, 11) is 0. The van der Waals surface area contributed by atoms with E-state index in [-0.39, 0.29) is 16.9 Å². The molecular formula is C16H23ClN2O. The van der Waals surface area contributed by atoms with Crippen molar-refractivity contribution >= 4 is 17.5 Å². The molecule has 3 nitrogen and oxygen atoms in total. The number of carbonyl (C=O) groups excluding carboxylic acids is 1. The smallest absolute Gasteiger partial charge is 0.230 e. The van der Waals surface area contributed by atoms with Crippen LogP contribution in [0.5, 0.6) is 0 Å². The number of hydrogen-bond acceptors (Lipinski definition) is 2. The van der Waals surface area contributed by atoms with Crippen LogP contribution in [0.25, 0.3) is 0 Å². The summed E-state index contributed by atoms with van der Waals surface area (Å²) in [5.74, 6) is 0.0801. The Balaban J connectivity index is 2.06. The summed E-state index contributed by atoms with van der Waals surface area (Å²) < 4.78 is 0. The van der Waals surface area contributed by atoms with Gasteiger partial charge in [-0.25, -0.2) is 0 Å². The van der Waals surface area contributed by atoms with Crippen LogP contribution in [0.3, 0.4) is 0 Å². The maximum Gasteiger partial charge on any atom is 0.230 e. The first-order valence-electron chi connectivity index (χ1n) is 7.29. The standard InChI is InChI=1S/C16H23ClN2O/c1-3-15(18,4-2)11-19-14(20)16(8-9-16)12-6-5-7-13(17)10-12/h5-7,10H,3-4,8-9,11,18H2,1-2H3,(H,19,20). The van der Waals surface area contributed by atoms with Crippen LogP contribution in [-0.2, 0) is 10.2 Å². The lowest BCUT2D eigenvalue weighted by Crippen LogP contribution is -2.51. The topological polar surface area (TPSA) is 55.1 Å². The van der Waals surface area contributed by atoms with Crippen LogP contribution >= 0.6 is 11.6 Å². The van der Waals surface area contributed by atoms with Gasteiger partial charge < -0.3 is 11.1 Å². The molecule has 1 aliphatic rings. The minimum absolute atomic E-state index is 0.0801. The molecule has 0 bridgehead atoms. The zero-order valence-electron chi connectivity index (χ0n) is 12.2. The molecule has 0 heterocycles. The summed E-state index contributed by atoms with van der Waals surface area (Å²) in [4.78, 5) is 12.5. The van der Waals surface area contributed by atoms with Crippen molar-refractivity contribution in [2.75, 3.05) is 6.54 Å². The molecule has 1 amide bonds. The molecule has 0 aliphatic heterocycles. The van der Waals surface area contributed by atoms with E-state index < -0.39 is 0 Å². The molecular weight excluding hydrogens is 272 g/mol. The highest BCUT2D eigenvalue weighted by molar-refractivity contribution is 6.30. The van der Waals surface area contributed by atoms with Crippen molar-refractivity contribution in [1.82, 2.24) is 5.32 Å². The van der Waals surface area contributed by atoms with E-state index >= 15 is 0 Å². The molecule has 2 rings (SSSR count). The van der Waals surface area contributed by atoms with E-state index in [4.69, 9.17) is 17.3 Å². The predicted molar refractivity (Wildman–Crippen MR) is 82.9 cm³/mol. The molecule has 1 aromatic carbocycles. The van der Waals surface area contributed by atoms with Crippen LogP contribution in [-0.4, -0.2) is 18.0 Å². The van der Waals surface area contributed by atoms with Crippen LogP contribution in [0.1, 0.15) is 45.1 Å². The van der Waals surface area contributed by atoms with Gasteiger partial charge >= 0.3 is 0 Å². The minimum atomic E-state index is -0.382. The highest BCUT2D eigenvalue weighted by atomic mass is 35.5. The van der Waals surface area contributed by atoms with Gasteiger partial charge in [0.1, 0.15) is 0 Å². The van der Waals surface area contributed by atoms with Gasteiger partial charge in [0, 0.05) is 17.1 Å². The van der Waals surface area contributed by atoms with Gasteiger partial charge in [-0.2, -0.15) is 0 Å². The Morgan fingerprint density at radius 2 is 2.05 bits per heavy atom. The fourth-order valence-electron chi connectivity index (χ4n) is 2.48. The van der Waals surface area contributed by atoms with E-state index in [0.29, 0.717) is 11.6 Å². The van der Waals surface area contributed by atoms with Crippen molar-refractivity contribution in [2.45, 2.75) is 50.5 Å². The fraction of sp³-hybridized carbons (Fsp3) is 0.562. The lowest BCUT2D eigenvalue weighted by Gasteiger charge is -2.28. The van der Waals surface area contributed by atoms with E-state index in [1.807, 2.05) is 24.3 Å². The van der Waals surface area contributed by atoms with Gasteiger partial charge in [-0.3, -0.25) is 4.79 Å². The van der Waals surface area contributed by atoms with E-state index in [2.05, 4.69) is 19.2 Å². The Kier molecular flexibility index (Phi) is 4.40. The summed E-state index contributed by atoms with van der Waals surface area (Å²) in [6.07, 6.45) is 3.48. The summed E-state index contributed by atoms with van der Waals surface area (Å²) in [5.41, 5.74) is 6.56. The van der Waals surface area contributed by atoms with Crippen LogP contribution in [0, 0.1) is 0 Å². The largest absolute Gasteiger partial charge is 0.353 e. The maximum absolute atomic E-state index is 12.5. The Bertz CT molecular complexity index is 493. The zero-order valence-corrected chi connectivity index (χ0v) is 13.0. The second kappa shape index (κ2) is 5.74. The van der Waals surface area contributed by atoms with E-state index in [1.54, 1.807) is 0 Å². The Morgan fingerprint density at radius 1 is 1.40 bits per heavy atom. The number of hydrogen-bond donors (Lipinski definition) is 2. The molecule has 1 aromatic rings. The molecule has 20 heavy (non-hydrogen) atoms. The molecule has 0 atom stereocenters. The van der Waals surface area contributed by atoms with Crippen LogP contribution < -0.4 is 11.1 Å². The van der Waals surface area contributed by atoms with Crippen LogP contribution in [0.15, 0.2) is 24.3 Å². The van der Waals surface area contributed by atoms with Gasteiger partial charge in [-0.15, -0.1) is 0 Å². The Morgan fingerprint density at radius 3 is 2.55 bits per heavy atom. The average Bonchev–Trinajstić information content (AvgIpc) is 3.26. The van der Waals surface area contributed by atoms with Crippen molar-refractivity contribution in [1.29, 1.82) is 0 Å². The number of amides is 1. The molecule has 0 spiro atoms. The third-order valence-corrected chi connectivity index (χ3v) is 4.81. The third kappa shape index (κ3) is 2.99. The van der Waals surface area contributed by atoms with E-state index in [9.17, 15) is 4.79 Å². The molecule has 3 N–H and O–H groups in total. The van der Waals surface area contributed by atoms with Gasteiger partial charge in [0.05, 0.1) is 5.41 Å². The summed E-state index contributed by atoms with van der Waals surface area (Å²) in [5, 5.41) is 3.72. The molecule has 1 fully saturated rings. The number of halogens is 1. The van der Waals surface area contributed by atoms with Gasteiger partial charge in [0.2, 0.25) is 5.91 Å². The van der Waals surface area contributed by atoms with Gasteiger partial charge in [0.15, 0.2) is 0 Å². The summed E-state index contributed by atoms with van der Waals surface area (Å²) >= 11 is 6.03. The number of benzene rings is 1. The van der Waals surface area contributed by atoms with Crippen LogP contribution in [0.4, 0.5) is 0 Å². The fourth-order valence-corrected chi connectivity index (χ4v) is 2.67. The van der Waals surface area contributed by atoms with E-state index in [0.717, 1.165) is 31.2 Å². The van der Waals surface area contributed by atoms with Gasteiger partial charge in [-0.1, -0.05) is 37.6 Å². The molecule has 1 aliphatic carbocycles. The molecule has 1 saturated carbocycles. The minimum Gasteiger partial charge on any atom is -0.353 e. The molecule has 0 aromatic heterocycles. The first kappa shape index (κ1) is 15.3. The summed E-state index contributed by atoms with van der Waals surface area (Å²) in [6, 6.07) is 7.60. The molecule has 4 heteroatoms. The highest BCUT2D eigenvalue weighted by Crippen LogP contribution is 2.48. The van der Waals surface area contributed by atoms with Crippen molar-refractivity contribution < 1.29 is 4.79 Å². The molecule has 0 saturated heterocycles. The van der Waals surface area contributed by atoms with Crippen molar-refractivity contribution in [3.8, 4) is 0 Å². The Hall–Kier alpha value is -1.06. The normalized spacial score (nSPS) is 16.8. The number of rotatable bonds is 6.